The van der Waals surface area contributed by atoms with Crippen LogP contribution >= 0.6 is 0 Å². The molecule has 1 aliphatic rings. The lowest BCUT2D eigenvalue weighted by Crippen LogP contribution is -2.52. The summed E-state index contributed by atoms with van der Waals surface area (Å²) in [5.41, 5.74) is 2.97. The number of amides is 4. The molecule has 1 saturated heterocycles. The van der Waals surface area contributed by atoms with E-state index in [0.29, 0.717) is 19.1 Å². The monoisotopic (exact) mass is 459 g/mol. The smallest absolute Gasteiger partial charge is 0.333 e. The Morgan fingerprint density at radius 2 is 1.59 bits per heavy atom. The van der Waals surface area contributed by atoms with Crippen molar-refractivity contribution in [3.63, 3.8) is 0 Å². The number of carbonyl (C=O) groups excluding carboxylic acids is 3. The summed E-state index contributed by atoms with van der Waals surface area (Å²) in [7, 11) is 2.75. The van der Waals surface area contributed by atoms with Gasteiger partial charge in [-0.3, -0.25) is 19.4 Å². The first-order valence-electron chi connectivity index (χ1n) is 11.4. The Morgan fingerprint density at radius 3 is 2.24 bits per heavy atom. The van der Waals surface area contributed by atoms with Gasteiger partial charge in [0.1, 0.15) is 17.9 Å². The lowest BCUT2D eigenvalue weighted by atomic mass is 9.99. The van der Waals surface area contributed by atoms with Crippen molar-refractivity contribution in [2.45, 2.75) is 32.7 Å². The van der Waals surface area contributed by atoms with Crippen LogP contribution in [0.15, 0.2) is 60.3 Å². The number of fused-ring (bicyclic) bond motifs is 1. The first kappa shape index (κ1) is 23.3. The van der Waals surface area contributed by atoms with Crippen LogP contribution in [0.3, 0.4) is 0 Å². The fourth-order valence-electron chi connectivity index (χ4n) is 4.10. The van der Waals surface area contributed by atoms with Crippen LogP contribution in [0.25, 0.3) is 17.0 Å². The lowest BCUT2D eigenvalue weighted by Gasteiger charge is -2.28. The number of likely N-dealkylation sites (N-methyl/N-ethyl adjacent to an activating group) is 2. The maximum atomic E-state index is 12.6. The molecule has 0 spiro atoms. The molecule has 4 rings (SSSR count). The first-order chi connectivity index (χ1) is 16.3. The van der Waals surface area contributed by atoms with Crippen LogP contribution in [0.2, 0.25) is 0 Å². The van der Waals surface area contributed by atoms with Gasteiger partial charge >= 0.3 is 6.03 Å². The van der Waals surface area contributed by atoms with Crippen LogP contribution in [-0.2, 0) is 16.1 Å². The number of barbiturate groups is 1. The van der Waals surface area contributed by atoms with Gasteiger partial charge < -0.3 is 9.30 Å². The van der Waals surface area contributed by atoms with Gasteiger partial charge in [-0.1, -0.05) is 44.2 Å². The molecule has 0 saturated carbocycles. The number of ether oxygens (including phenoxy) is 1. The molecule has 2 heterocycles. The molecule has 1 fully saturated rings. The summed E-state index contributed by atoms with van der Waals surface area (Å²) in [6.07, 6.45) is 4.57. The number of nitrogens with zero attached hydrogens (tertiary/aromatic N) is 3. The molecule has 0 radical (unpaired) electrons. The summed E-state index contributed by atoms with van der Waals surface area (Å²) in [5, 5.41) is 0.913. The van der Waals surface area contributed by atoms with E-state index >= 15 is 0 Å². The molecule has 0 N–H and O–H groups in total. The predicted molar refractivity (Wildman–Crippen MR) is 131 cm³/mol. The lowest BCUT2D eigenvalue weighted by molar-refractivity contribution is -0.134. The van der Waals surface area contributed by atoms with Crippen molar-refractivity contribution in [3.8, 4) is 5.75 Å². The van der Waals surface area contributed by atoms with Gasteiger partial charge in [-0.05, 0) is 42.2 Å². The Balaban J connectivity index is 1.55. The molecule has 34 heavy (non-hydrogen) atoms. The van der Waals surface area contributed by atoms with Crippen molar-refractivity contribution in [2.24, 2.45) is 0 Å². The normalized spacial score (nSPS) is 15.3. The molecule has 1 aromatic heterocycles. The highest BCUT2D eigenvalue weighted by Crippen LogP contribution is 2.26. The standard InChI is InChI=1S/C27H29N3O4/c1-5-18(2)19-10-12-21(13-11-19)34-15-14-30-17-20(22-8-6-7-9-24(22)30)16-23-25(31)28(3)27(33)29(4)26(23)32/h6-13,16-18H,5,14-15H2,1-4H3/t18-/m0/s1. The maximum absolute atomic E-state index is 12.6. The van der Waals surface area contributed by atoms with E-state index in [4.69, 9.17) is 4.74 Å². The Hall–Kier alpha value is -3.87. The Morgan fingerprint density at radius 1 is 0.941 bits per heavy atom. The number of benzene rings is 2. The van der Waals surface area contributed by atoms with Crippen molar-refractivity contribution >= 4 is 34.8 Å². The van der Waals surface area contributed by atoms with E-state index in [1.807, 2.05) is 47.2 Å². The third kappa shape index (κ3) is 4.33. The zero-order valence-electron chi connectivity index (χ0n) is 19.9. The first-order valence-corrected chi connectivity index (χ1v) is 11.4. The van der Waals surface area contributed by atoms with Crippen molar-refractivity contribution in [1.82, 2.24) is 14.4 Å². The number of hydrogen-bond acceptors (Lipinski definition) is 4. The fraction of sp³-hybridized carbons (Fsp3) is 0.296. The van der Waals surface area contributed by atoms with Crippen LogP contribution in [0.4, 0.5) is 4.79 Å². The molecular formula is C27H29N3O4. The van der Waals surface area contributed by atoms with Gasteiger partial charge in [0.05, 0.1) is 6.54 Å². The SMILES string of the molecule is CC[C@H](C)c1ccc(OCCn2cc(C=C3C(=O)N(C)C(=O)N(C)C3=O)c3ccccc32)cc1. The van der Waals surface area contributed by atoms with Crippen LogP contribution in [0.1, 0.15) is 37.3 Å². The third-order valence-corrected chi connectivity index (χ3v) is 6.43. The Bertz CT molecular complexity index is 1250. The number of rotatable bonds is 7. The Kier molecular flexibility index (Phi) is 6.54. The summed E-state index contributed by atoms with van der Waals surface area (Å²) in [6, 6.07) is 15.4. The molecule has 0 bridgehead atoms. The quantitative estimate of drug-likeness (QED) is 0.380. The largest absolute Gasteiger partial charge is 0.492 e. The Labute approximate surface area is 199 Å². The molecule has 4 amide bonds. The van der Waals surface area contributed by atoms with Gasteiger partial charge in [0.15, 0.2) is 0 Å². The number of aromatic nitrogens is 1. The highest BCUT2D eigenvalue weighted by molar-refractivity contribution is 6.31. The summed E-state index contributed by atoms with van der Waals surface area (Å²) >= 11 is 0. The maximum Gasteiger partial charge on any atom is 0.333 e. The van der Waals surface area contributed by atoms with E-state index < -0.39 is 17.8 Å². The number of para-hydroxylation sites is 1. The minimum Gasteiger partial charge on any atom is -0.492 e. The summed E-state index contributed by atoms with van der Waals surface area (Å²) in [4.78, 5) is 39.2. The van der Waals surface area contributed by atoms with Gasteiger partial charge in [-0.15, -0.1) is 0 Å². The summed E-state index contributed by atoms with van der Waals surface area (Å²) < 4.78 is 8.01. The summed E-state index contributed by atoms with van der Waals surface area (Å²) in [5.74, 6) is 0.136. The van der Waals surface area contributed by atoms with Crippen molar-refractivity contribution in [3.05, 3.63) is 71.4 Å². The van der Waals surface area contributed by atoms with Gasteiger partial charge in [-0.25, -0.2) is 4.79 Å². The zero-order valence-corrected chi connectivity index (χ0v) is 19.9. The number of carbonyl (C=O) groups is 3. The van der Waals surface area contributed by atoms with Gasteiger partial charge in [0.25, 0.3) is 11.8 Å². The van der Waals surface area contributed by atoms with Crippen molar-refractivity contribution < 1.29 is 19.1 Å². The second-order valence-corrected chi connectivity index (χ2v) is 8.59. The second kappa shape index (κ2) is 9.55. The zero-order chi connectivity index (χ0) is 24.4. The van der Waals surface area contributed by atoms with Crippen LogP contribution in [0.5, 0.6) is 5.75 Å². The second-order valence-electron chi connectivity index (χ2n) is 8.59. The molecule has 1 atom stereocenters. The topological polar surface area (TPSA) is 71.8 Å². The molecule has 0 unspecified atom stereocenters. The summed E-state index contributed by atoms with van der Waals surface area (Å²) in [6.45, 7) is 5.45. The van der Waals surface area contributed by atoms with Crippen molar-refractivity contribution in [2.75, 3.05) is 20.7 Å². The van der Waals surface area contributed by atoms with Crippen molar-refractivity contribution in [1.29, 1.82) is 0 Å². The number of imide groups is 2. The van der Waals surface area contributed by atoms with Gasteiger partial charge in [-0.2, -0.15) is 0 Å². The molecule has 176 valence electrons. The van der Waals surface area contributed by atoms with E-state index in [0.717, 1.165) is 38.4 Å². The minimum absolute atomic E-state index is 0.0369. The van der Waals surface area contributed by atoms with Crippen LogP contribution < -0.4 is 4.74 Å². The van der Waals surface area contributed by atoms with Crippen LogP contribution in [-0.4, -0.2) is 52.9 Å². The highest BCUT2D eigenvalue weighted by atomic mass is 16.5. The molecular weight excluding hydrogens is 430 g/mol. The van der Waals surface area contributed by atoms with E-state index in [-0.39, 0.29) is 5.57 Å². The van der Waals surface area contributed by atoms with E-state index in [9.17, 15) is 14.4 Å². The molecule has 7 nitrogen and oxygen atoms in total. The molecule has 1 aliphatic heterocycles. The predicted octanol–water partition coefficient (Wildman–Crippen LogP) is 4.67. The van der Waals surface area contributed by atoms with E-state index in [1.165, 1.54) is 19.7 Å². The third-order valence-electron chi connectivity index (χ3n) is 6.43. The van der Waals surface area contributed by atoms with Gasteiger partial charge in [0, 0.05) is 36.8 Å². The van der Waals surface area contributed by atoms with E-state index in [1.54, 1.807) is 6.08 Å². The average molecular weight is 460 g/mol. The highest BCUT2D eigenvalue weighted by Gasteiger charge is 2.37. The van der Waals surface area contributed by atoms with E-state index in [2.05, 4.69) is 26.0 Å². The molecule has 0 aliphatic carbocycles. The average Bonchev–Trinajstić information content (AvgIpc) is 3.21. The molecule has 7 heteroatoms. The number of hydrogen-bond donors (Lipinski definition) is 0. The minimum atomic E-state index is -0.635. The molecule has 3 aromatic rings. The van der Waals surface area contributed by atoms with Gasteiger partial charge in [0.2, 0.25) is 0 Å². The molecule has 2 aromatic carbocycles. The fourth-order valence-corrected chi connectivity index (χ4v) is 4.10. The van der Waals surface area contributed by atoms with Crippen LogP contribution in [0, 0.1) is 0 Å². The number of urea groups is 1.